The lowest BCUT2D eigenvalue weighted by molar-refractivity contribution is -0.131. The van der Waals surface area contributed by atoms with Gasteiger partial charge in [-0.05, 0) is 20.8 Å². The highest BCUT2D eigenvalue weighted by Gasteiger charge is 2.12. The largest absolute Gasteiger partial charge is 0.342 e. The molecule has 0 spiro atoms. The summed E-state index contributed by atoms with van der Waals surface area (Å²) in [4.78, 5) is 24.5. The maximum Gasteiger partial charge on any atom is 0.325 e. The number of nitrogens with zero attached hydrogens (tertiary/aromatic N) is 3. The summed E-state index contributed by atoms with van der Waals surface area (Å²) < 4.78 is 1.22. The Bertz CT molecular complexity index is 392. The highest BCUT2D eigenvalue weighted by molar-refractivity contribution is 7.08. The molecule has 15 heavy (non-hydrogen) atoms. The number of carbonyl (C=O) groups is 1. The van der Waals surface area contributed by atoms with Gasteiger partial charge in [-0.2, -0.15) is 5.10 Å². The van der Waals surface area contributed by atoms with Gasteiger partial charge in [-0.15, -0.1) is 0 Å². The molecule has 1 aromatic rings. The fraction of sp³-hybridized carbons (Fsp3) is 0.667. The first kappa shape index (κ1) is 11.9. The summed E-state index contributed by atoms with van der Waals surface area (Å²) in [5.74, 6) is -0.0626. The minimum atomic E-state index is -0.173. The van der Waals surface area contributed by atoms with Crippen LogP contribution in [0.15, 0.2) is 4.79 Å². The first-order valence-corrected chi connectivity index (χ1v) is 5.72. The fourth-order valence-corrected chi connectivity index (χ4v) is 1.92. The van der Waals surface area contributed by atoms with Crippen molar-refractivity contribution in [1.29, 1.82) is 0 Å². The molecule has 0 N–H and O–H groups in total. The van der Waals surface area contributed by atoms with Crippen molar-refractivity contribution in [2.75, 3.05) is 13.1 Å². The van der Waals surface area contributed by atoms with Gasteiger partial charge in [-0.25, -0.2) is 4.68 Å². The molecule has 0 aliphatic heterocycles. The molecule has 0 bridgehead atoms. The van der Waals surface area contributed by atoms with Crippen molar-refractivity contribution in [2.24, 2.45) is 0 Å². The van der Waals surface area contributed by atoms with Crippen LogP contribution in [0.3, 0.4) is 0 Å². The third-order valence-electron chi connectivity index (χ3n) is 2.11. The van der Waals surface area contributed by atoms with Crippen molar-refractivity contribution in [2.45, 2.75) is 27.3 Å². The summed E-state index contributed by atoms with van der Waals surface area (Å²) in [7, 11) is 0. The Labute approximate surface area is 92.3 Å². The van der Waals surface area contributed by atoms with Gasteiger partial charge < -0.3 is 4.90 Å². The van der Waals surface area contributed by atoms with Crippen LogP contribution in [0, 0.1) is 6.92 Å². The summed E-state index contributed by atoms with van der Waals surface area (Å²) >= 11 is 1.06. The average molecular weight is 229 g/mol. The van der Waals surface area contributed by atoms with Gasteiger partial charge in [0.05, 0.1) is 0 Å². The Morgan fingerprint density at radius 3 is 2.47 bits per heavy atom. The molecule has 0 atom stereocenters. The third-order valence-corrected chi connectivity index (χ3v) is 2.87. The zero-order valence-corrected chi connectivity index (χ0v) is 10.0. The molecule has 1 amide bonds. The number of aryl methyl sites for hydroxylation is 1. The van der Waals surface area contributed by atoms with Crippen LogP contribution in [-0.2, 0) is 11.3 Å². The lowest BCUT2D eigenvalue weighted by Crippen LogP contribution is -2.35. The summed E-state index contributed by atoms with van der Waals surface area (Å²) in [5, 5.41) is 4.66. The van der Waals surface area contributed by atoms with Crippen LogP contribution >= 0.6 is 11.3 Å². The van der Waals surface area contributed by atoms with Crippen LogP contribution in [0.1, 0.15) is 18.9 Å². The maximum absolute atomic E-state index is 11.7. The quantitative estimate of drug-likeness (QED) is 0.754. The first-order chi connectivity index (χ1) is 7.08. The predicted octanol–water partition coefficient (Wildman–Crippen LogP) is 0.482. The van der Waals surface area contributed by atoms with Crippen molar-refractivity contribution in [1.82, 2.24) is 14.7 Å². The van der Waals surface area contributed by atoms with Gasteiger partial charge >= 0.3 is 4.87 Å². The lowest BCUT2D eigenvalue weighted by atomic mass is 10.4. The van der Waals surface area contributed by atoms with Gasteiger partial charge in [-0.1, -0.05) is 11.3 Å². The molecule has 1 rings (SSSR count). The van der Waals surface area contributed by atoms with Crippen LogP contribution in [0.5, 0.6) is 0 Å². The molecule has 0 radical (unpaired) electrons. The van der Waals surface area contributed by atoms with E-state index >= 15 is 0 Å². The molecule has 0 aliphatic carbocycles. The minimum Gasteiger partial charge on any atom is -0.342 e. The zero-order chi connectivity index (χ0) is 11.4. The van der Waals surface area contributed by atoms with Gasteiger partial charge in [-0.3, -0.25) is 9.59 Å². The standard InChI is InChI=1S/C9H15N3O2S/c1-4-11(5-2)8(13)6-12-9(14)15-7(3)10-12/h4-6H2,1-3H3. The Kier molecular flexibility index (Phi) is 4.02. The van der Waals surface area contributed by atoms with E-state index in [0.717, 1.165) is 11.3 Å². The Balaban J connectivity index is 2.74. The first-order valence-electron chi connectivity index (χ1n) is 4.90. The van der Waals surface area contributed by atoms with Crippen molar-refractivity contribution in [3.05, 3.63) is 14.7 Å². The number of likely N-dealkylation sites (N-methyl/N-ethyl adjacent to an activating group) is 1. The second-order valence-corrected chi connectivity index (χ2v) is 4.25. The van der Waals surface area contributed by atoms with Crippen LogP contribution in [0.2, 0.25) is 0 Å². The van der Waals surface area contributed by atoms with E-state index in [1.54, 1.807) is 11.8 Å². The van der Waals surface area contributed by atoms with E-state index in [0.29, 0.717) is 18.1 Å². The fourth-order valence-electron chi connectivity index (χ4n) is 1.31. The number of aromatic nitrogens is 2. The van der Waals surface area contributed by atoms with Crippen molar-refractivity contribution < 1.29 is 4.79 Å². The Hall–Kier alpha value is -1.17. The second-order valence-electron chi connectivity index (χ2n) is 3.11. The average Bonchev–Trinajstić information content (AvgIpc) is 2.47. The molecule has 6 heteroatoms. The third kappa shape index (κ3) is 2.89. The molecule has 0 fully saturated rings. The van der Waals surface area contributed by atoms with Crippen LogP contribution in [-0.4, -0.2) is 33.7 Å². The zero-order valence-electron chi connectivity index (χ0n) is 9.19. The maximum atomic E-state index is 11.7. The Morgan fingerprint density at radius 2 is 2.07 bits per heavy atom. The molecule has 0 aliphatic rings. The van der Waals surface area contributed by atoms with Crippen LogP contribution in [0.4, 0.5) is 0 Å². The summed E-state index contributed by atoms with van der Waals surface area (Å²) in [5.41, 5.74) is 0. The number of rotatable bonds is 4. The topological polar surface area (TPSA) is 55.2 Å². The normalized spacial score (nSPS) is 10.3. The van der Waals surface area contributed by atoms with Crippen molar-refractivity contribution >= 4 is 17.2 Å². The van der Waals surface area contributed by atoms with Crippen molar-refractivity contribution in [3.63, 3.8) is 0 Å². The van der Waals surface area contributed by atoms with E-state index in [1.165, 1.54) is 4.68 Å². The molecular formula is C9H15N3O2S. The van der Waals surface area contributed by atoms with E-state index in [2.05, 4.69) is 5.10 Å². The van der Waals surface area contributed by atoms with E-state index in [1.807, 2.05) is 13.8 Å². The molecule has 0 saturated heterocycles. The minimum absolute atomic E-state index is 0.0465. The van der Waals surface area contributed by atoms with Crippen LogP contribution in [0.25, 0.3) is 0 Å². The van der Waals surface area contributed by atoms with Gasteiger partial charge in [0.2, 0.25) is 5.91 Å². The van der Waals surface area contributed by atoms with E-state index in [9.17, 15) is 9.59 Å². The van der Waals surface area contributed by atoms with E-state index in [-0.39, 0.29) is 17.3 Å². The number of hydrogen-bond acceptors (Lipinski definition) is 4. The van der Waals surface area contributed by atoms with Gasteiger partial charge in [0.1, 0.15) is 11.6 Å². The van der Waals surface area contributed by atoms with Gasteiger partial charge in [0, 0.05) is 13.1 Å². The monoisotopic (exact) mass is 229 g/mol. The number of hydrogen-bond donors (Lipinski definition) is 0. The highest BCUT2D eigenvalue weighted by Crippen LogP contribution is 1.96. The van der Waals surface area contributed by atoms with Crippen LogP contribution < -0.4 is 4.87 Å². The lowest BCUT2D eigenvalue weighted by Gasteiger charge is -2.17. The second kappa shape index (κ2) is 5.06. The molecule has 1 aromatic heterocycles. The summed E-state index contributed by atoms with van der Waals surface area (Å²) in [6.07, 6.45) is 0. The SMILES string of the molecule is CCN(CC)C(=O)Cn1nc(C)sc1=O. The number of amides is 1. The molecule has 1 heterocycles. The summed E-state index contributed by atoms with van der Waals surface area (Å²) in [6.45, 7) is 6.95. The Morgan fingerprint density at radius 1 is 1.47 bits per heavy atom. The van der Waals surface area contributed by atoms with Gasteiger partial charge in [0.15, 0.2) is 0 Å². The van der Waals surface area contributed by atoms with Crippen molar-refractivity contribution in [3.8, 4) is 0 Å². The van der Waals surface area contributed by atoms with Gasteiger partial charge in [0.25, 0.3) is 0 Å². The number of carbonyl (C=O) groups excluding carboxylic acids is 1. The summed E-state index contributed by atoms with van der Waals surface area (Å²) in [6, 6.07) is 0. The predicted molar refractivity (Wildman–Crippen MR) is 59.0 cm³/mol. The molecular weight excluding hydrogens is 214 g/mol. The molecule has 0 saturated carbocycles. The molecule has 0 aromatic carbocycles. The highest BCUT2D eigenvalue weighted by atomic mass is 32.1. The van der Waals surface area contributed by atoms with E-state index in [4.69, 9.17) is 0 Å². The van der Waals surface area contributed by atoms with E-state index < -0.39 is 0 Å². The smallest absolute Gasteiger partial charge is 0.325 e. The molecule has 84 valence electrons. The molecule has 0 unspecified atom stereocenters. The molecule has 5 nitrogen and oxygen atoms in total.